The molecule has 0 spiro atoms. The number of rotatable bonds is 7. The number of pyridine rings is 1. The zero-order valence-electron chi connectivity index (χ0n) is 16.2. The van der Waals surface area contributed by atoms with Crippen LogP contribution >= 0.6 is 0 Å². The van der Waals surface area contributed by atoms with Crippen molar-refractivity contribution in [3.05, 3.63) is 65.2 Å². The van der Waals surface area contributed by atoms with E-state index in [-0.39, 0.29) is 31.0 Å². The number of carboxylic acid groups (broad SMARTS) is 2. The quantitative estimate of drug-likeness (QED) is 0.482. The lowest BCUT2D eigenvalue weighted by atomic mass is 10.0. The summed E-state index contributed by atoms with van der Waals surface area (Å²) in [5.74, 6) is -4.34. The summed E-state index contributed by atoms with van der Waals surface area (Å²) in [6.07, 6.45) is 1.55. The number of carboxylic acids is 2. The van der Waals surface area contributed by atoms with Crippen LogP contribution in [0.5, 0.6) is 0 Å². The number of aliphatic hydroxyl groups excluding tert-OH is 1. The van der Waals surface area contributed by atoms with Crippen LogP contribution in [0.25, 0.3) is 11.1 Å². The maximum Gasteiger partial charge on any atom is 0.354 e. The molecule has 31 heavy (non-hydrogen) atoms. The first-order valence-electron chi connectivity index (χ1n) is 9.26. The van der Waals surface area contributed by atoms with E-state index in [1.54, 1.807) is 30.3 Å². The van der Waals surface area contributed by atoms with Crippen LogP contribution < -0.4 is 5.32 Å². The molecule has 1 aromatic carbocycles. The summed E-state index contributed by atoms with van der Waals surface area (Å²) in [5, 5.41) is 29.6. The largest absolute Gasteiger partial charge is 0.511 e. The Labute approximate surface area is 176 Å². The fourth-order valence-electron chi connectivity index (χ4n) is 3.09. The van der Waals surface area contributed by atoms with Crippen LogP contribution in [0.4, 0.5) is 0 Å². The Morgan fingerprint density at radius 3 is 2.29 bits per heavy atom. The van der Waals surface area contributed by atoms with Crippen molar-refractivity contribution in [2.45, 2.75) is 13.0 Å². The molecule has 1 aliphatic heterocycles. The molecule has 0 radical (unpaired) electrons. The molecule has 4 N–H and O–H groups in total. The van der Waals surface area contributed by atoms with Crippen molar-refractivity contribution in [1.29, 1.82) is 0 Å². The molecule has 0 saturated heterocycles. The minimum absolute atomic E-state index is 0.0523. The van der Waals surface area contributed by atoms with Gasteiger partial charge in [-0.1, -0.05) is 30.3 Å². The molecule has 1 aliphatic rings. The number of hydrogen-bond acceptors (Lipinski definition) is 6. The summed E-state index contributed by atoms with van der Waals surface area (Å²) in [6, 6.07) is 10.2. The lowest BCUT2D eigenvalue weighted by Crippen LogP contribution is -2.43. The standard InChI is InChI=1S/C21H19N3O7/c25-16-7-8-24(20(29)18(16)19(28)23-10-17(26)27)11-12-1-3-13(4-2-12)14-5-6-15(21(30)31)22-9-14/h1-6,9,25H,7-8,10-11H2,(H,23,28)(H,26,27)(H,30,31). The van der Waals surface area contributed by atoms with Crippen molar-refractivity contribution in [2.75, 3.05) is 13.1 Å². The topological polar surface area (TPSA) is 157 Å². The van der Waals surface area contributed by atoms with Gasteiger partial charge in [-0.2, -0.15) is 0 Å². The SMILES string of the molecule is O=C(O)CNC(=O)C1=C(O)CCN(Cc2ccc(-c3ccc(C(=O)O)nc3)cc2)C1=O. The monoisotopic (exact) mass is 425 g/mol. The fraction of sp³-hybridized carbons (Fsp3) is 0.190. The number of aliphatic hydroxyl groups is 1. The third-order valence-electron chi connectivity index (χ3n) is 4.68. The van der Waals surface area contributed by atoms with Gasteiger partial charge >= 0.3 is 11.9 Å². The number of hydrogen-bond donors (Lipinski definition) is 4. The van der Waals surface area contributed by atoms with E-state index < -0.39 is 35.9 Å². The highest BCUT2D eigenvalue weighted by Crippen LogP contribution is 2.22. The highest BCUT2D eigenvalue weighted by molar-refractivity contribution is 6.19. The molecule has 0 unspecified atom stereocenters. The maximum absolute atomic E-state index is 12.6. The Morgan fingerprint density at radius 1 is 1.03 bits per heavy atom. The first-order valence-corrected chi connectivity index (χ1v) is 9.26. The first kappa shape index (κ1) is 21.5. The molecule has 0 bridgehead atoms. The second-order valence-corrected chi connectivity index (χ2v) is 6.81. The van der Waals surface area contributed by atoms with Crippen molar-refractivity contribution in [3.8, 4) is 11.1 Å². The molecule has 3 rings (SSSR count). The molecule has 10 nitrogen and oxygen atoms in total. The van der Waals surface area contributed by atoms with E-state index in [0.717, 1.165) is 16.7 Å². The highest BCUT2D eigenvalue weighted by Gasteiger charge is 2.32. The van der Waals surface area contributed by atoms with Crippen LogP contribution in [0.15, 0.2) is 53.9 Å². The van der Waals surface area contributed by atoms with Gasteiger partial charge in [0, 0.05) is 31.3 Å². The van der Waals surface area contributed by atoms with Gasteiger partial charge in [0.25, 0.3) is 11.8 Å². The molecule has 1 aromatic heterocycles. The van der Waals surface area contributed by atoms with Gasteiger partial charge in [-0.3, -0.25) is 14.4 Å². The van der Waals surface area contributed by atoms with Crippen LogP contribution in [0.1, 0.15) is 22.5 Å². The highest BCUT2D eigenvalue weighted by atomic mass is 16.4. The molecule has 0 saturated carbocycles. The van der Waals surface area contributed by atoms with E-state index in [2.05, 4.69) is 10.3 Å². The fourth-order valence-corrected chi connectivity index (χ4v) is 3.09. The molecule has 0 aliphatic carbocycles. The Balaban J connectivity index is 1.69. The number of carbonyl (C=O) groups excluding carboxylic acids is 2. The number of benzene rings is 1. The van der Waals surface area contributed by atoms with Gasteiger partial charge in [0.2, 0.25) is 0 Å². The molecule has 160 valence electrons. The van der Waals surface area contributed by atoms with Gasteiger partial charge in [-0.05, 0) is 17.2 Å². The summed E-state index contributed by atoms with van der Waals surface area (Å²) >= 11 is 0. The van der Waals surface area contributed by atoms with Gasteiger partial charge in [0.1, 0.15) is 23.6 Å². The van der Waals surface area contributed by atoms with Crippen molar-refractivity contribution in [2.24, 2.45) is 0 Å². The Morgan fingerprint density at radius 2 is 1.71 bits per heavy atom. The van der Waals surface area contributed by atoms with Gasteiger partial charge in [-0.25, -0.2) is 9.78 Å². The number of amides is 2. The van der Waals surface area contributed by atoms with E-state index in [4.69, 9.17) is 10.2 Å². The third-order valence-corrected chi connectivity index (χ3v) is 4.68. The average molecular weight is 425 g/mol. The molecule has 0 atom stereocenters. The van der Waals surface area contributed by atoms with Gasteiger partial charge in [-0.15, -0.1) is 0 Å². The van der Waals surface area contributed by atoms with Crippen LogP contribution in [-0.2, 0) is 20.9 Å². The van der Waals surface area contributed by atoms with Gasteiger partial charge in [0.05, 0.1) is 0 Å². The second-order valence-electron chi connectivity index (χ2n) is 6.81. The summed E-state index contributed by atoms with van der Waals surface area (Å²) in [7, 11) is 0. The summed E-state index contributed by atoms with van der Waals surface area (Å²) < 4.78 is 0. The number of aliphatic carboxylic acids is 1. The van der Waals surface area contributed by atoms with Crippen LogP contribution in [0, 0.1) is 0 Å². The first-order chi connectivity index (χ1) is 14.8. The predicted octanol–water partition coefficient (Wildman–Crippen LogP) is 1.19. The summed E-state index contributed by atoms with van der Waals surface area (Å²) in [4.78, 5) is 51.5. The molecule has 2 amide bonds. The lowest BCUT2D eigenvalue weighted by molar-refractivity contribution is -0.138. The van der Waals surface area contributed by atoms with Crippen LogP contribution in [0.2, 0.25) is 0 Å². The number of aromatic nitrogens is 1. The number of nitrogens with zero attached hydrogens (tertiary/aromatic N) is 2. The van der Waals surface area contributed by atoms with E-state index in [1.165, 1.54) is 17.2 Å². The van der Waals surface area contributed by atoms with Crippen molar-refractivity contribution in [1.82, 2.24) is 15.2 Å². The molecule has 0 fully saturated rings. The molecular formula is C21H19N3O7. The minimum atomic E-state index is -1.26. The normalized spacial score (nSPS) is 13.8. The van der Waals surface area contributed by atoms with Crippen LogP contribution in [0.3, 0.4) is 0 Å². The second kappa shape index (κ2) is 9.08. The molecule has 2 aromatic rings. The zero-order valence-corrected chi connectivity index (χ0v) is 16.2. The smallest absolute Gasteiger partial charge is 0.354 e. The van der Waals surface area contributed by atoms with Gasteiger partial charge in [0.15, 0.2) is 0 Å². The molecular weight excluding hydrogens is 406 g/mol. The number of aromatic carboxylic acids is 1. The lowest BCUT2D eigenvalue weighted by Gasteiger charge is -2.28. The van der Waals surface area contributed by atoms with E-state index >= 15 is 0 Å². The predicted molar refractivity (Wildman–Crippen MR) is 107 cm³/mol. The Hall–Kier alpha value is -4.21. The average Bonchev–Trinajstić information content (AvgIpc) is 2.75. The third kappa shape index (κ3) is 5.04. The van der Waals surface area contributed by atoms with E-state index in [1.807, 2.05) is 0 Å². The van der Waals surface area contributed by atoms with E-state index in [9.17, 15) is 24.3 Å². The number of nitrogens with one attached hydrogen (secondary N) is 1. The molecule has 10 heteroatoms. The van der Waals surface area contributed by atoms with Crippen molar-refractivity contribution in [3.63, 3.8) is 0 Å². The Bertz CT molecular complexity index is 1060. The summed E-state index contributed by atoms with van der Waals surface area (Å²) in [5.41, 5.74) is 1.82. The maximum atomic E-state index is 12.6. The van der Waals surface area contributed by atoms with E-state index in [0.29, 0.717) is 0 Å². The van der Waals surface area contributed by atoms with Crippen molar-refractivity contribution >= 4 is 23.8 Å². The molecule has 2 heterocycles. The minimum Gasteiger partial charge on any atom is -0.511 e. The van der Waals surface area contributed by atoms with Crippen molar-refractivity contribution < 1.29 is 34.5 Å². The number of carbonyl (C=O) groups is 4. The zero-order chi connectivity index (χ0) is 22.5. The summed E-state index contributed by atoms with van der Waals surface area (Å²) in [6.45, 7) is -0.256. The Kier molecular flexibility index (Phi) is 6.29. The van der Waals surface area contributed by atoms with Gasteiger partial charge < -0.3 is 25.5 Å². The van der Waals surface area contributed by atoms with Crippen LogP contribution in [-0.4, -0.2) is 62.0 Å².